The lowest BCUT2D eigenvalue weighted by Gasteiger charge is -2.30. The van der Waals surface area contributed by atoms with Gasteiger partial charge in [-0.2, -0.15) is 9.13 Å². The minimum atomic E-state index is -5.24. The average molecular weight is 1200 g/mol. The minimum Gasteiger partial charge on any atom is -0.790 e. The van der Waals surface area contributed by atoms with E-state index in [2.05, 4.69) is 58.3 Å². The number of quaternary nitrogens is 4. The highest BCUT2D eigenvalue weighted by Crippen LogP contribution is 2.32. The number of aliphatic carboxylic acids is 3. The molecule has 0 amide bonds. The molecule has 0 saturated carbocycles. The van der Waals surface area contributed by atoms with Gasteiger partial charge in [0, 0.05) is 18.1 Å². The predicted molar refractivity (Wildman–Crippen MR) is 265 cm³/mol. The molecule has 33 heteroatoms. The summed E-state index contributed by atoms with van der Waals surface area (Å²) < 4.78 is 44.6. The number of likely N-dealkylation sites (N-methyl/N-ethyl adjacent to an activating group) is 2. The van der Waals surface area contributed by atoms with Crippen LogP contribution in [0.15, 0.2) is 49.1 Å². The van der Waals surface area contributed by atoms with Gasteiger partial charge in [0.2, 0.25) is 0 Å². The number of aromatic carboxylic acids is 2. The van der Waals surface area contributed by atoms with Crippen molar-refractivity contribution in [2.45, 2.75) is 81.9 Å². The molecule has 2 aromatic rings. The number of carboxylic acids is 5. The smallest absolute Gasteiger partial charge is 0.359 e. The molecule has 4 rings (SSSR count). The highest BCUT2D eigenvalue weighted by molar-refractivity contribution is 7.43. The molecule has 31 nitrogen and oxygen atoms in total. The third-order valence-corrected chi connectivity index (χ3v) is 11.2. The third kappa shape index (κ3) is 37.4. The third-order valence-electron chi connectivity index (χ3n) is 10.3. The first-order valence-electron chi connectivity index (χ1n) is 24.3. The lowest BCUT2D eigenvalue weighted by atomic mass is 10.1. The minimum absolute atomic E-state index is 0.171. The molecule has 462 valence electrons. The van der Waals surface area contributed by atoms with Crippen molar-refractivity contribution in [2.24, 2.45) is 5.92 Å². The van der Waals surface area contributed by atoms with Crippen molar-refractivity contribution < 1.29 is 149 Å². The summed E-state index contributed by atoms with van der Waals surface area (Å²) in [6.07, 6.45) is -6.54. The Labute approximate surface area is 465 Å². The molecule has 0 aromatic carbocycles. The fourth-order valence-corrected chi connectivity index (χ4v) is 7.36. The Hall–Kier alpha value is -4.57. The van der Waals surface area contributed by atoms with E-state index in [1.165, 1.54) is 52.3 Å². The van der Waals surface area contributed by atoms with Crippen LogP contribution in [-0.2, 0) is 42.0 Å². The van der Waals surface area contributed by atoms with Gasteiger partial charge >= 0.3 is 17.9 Å². The highest BCUT2D eigenvalue weighted by atomic mass is 31.2. The van der Waals surface area contributed by atoms with Gasteiger partial charge in [-0.25, -0.2) is 4.79 Å². The first-order chi connectivity index (χ1) is 36.0. The predicted octanol–water partition coefficient (Wildman–Crippen LogP) is -7.57. The van der Waals surface area contributed by atoms with E-state index in [4.69, 9.17) is 29.9 Å². The van der Waals surface area contributed by atoms with E-state index in [1.807, 2.05) is 49.2 Å². The fraction of sp³-hybridized carbons (Fsp3) is 0.681. The monoisotopic (exact) mass is 1190 g/mol. The summed E-state index contributed by atoms with van der Waals surface area (Å²) in [7, 11) is 13.5. The zero-order valence-corrected chi connectivity index (χ0v) is 49.4. The number of ether oxygens (including phenoxy) is 2. The van der Waals surface area contributed by atoms with Gasteiger partial charge in [-0.15, -0.1) is 0 Å². The van der Waals surface area contributed by atoms with E-state index < -0.39 is 114 Å². The van der Waals surface area contributed by atoms with E-state index in [1.54, 1.807) is 0 Å². The van der Waals surface area contributed by atoms with Crippen molar-refractivity contribution in [3.8, 4) is 0 Å². The maximum absolute atomic E-state index is 10.8. The molecule has 2 aromatic heterocycles. The number of aromatic nitrogens is 2. The molecule has 0 bridgehead atoms. The standard InChI is InChI=1S/2C11H14NO9P.C8H17NO2.C7H15NO3.C5H11NO2.C5H14N/c2*13-8-7(5-20-22(17,18)19)21-10(9(8)14)12-3-1-2-6(4-12)11(15)16;1-7(5-8(10)11)6-9(2,3)4;1-8(2,3)5-6(9)4-7(10)11;1-6(2,3)4-5(7)8;1-5-6(2,3)4/h2*1-4,7-10,13-14H,5H2,(H2-,15,16,17,18,19);7H,5-6H2,1-4H3;6,9H,4-5H2,1-3H3;4H2,1-3H3;5H2,1-4H3/q;;;;;+1/p-1/t2*7-,8-,9-,10-;7-;6-;;/m1111../s1. The van der Waals surface area contributed by atoms with Crippen molar-refractivity contribution in [3.63, 3.8) is 0 Å². The quantitative estimate of drug-likeness (QED) is 0.0327. The van der Waals surface area contributed by atoms with Gasteiger partial charge in [0.25, 0.3) is 12.5 Å². The summed E-state index contributed by atoms with van der Waals surface area (Å²) in [5.74, 6) is -5.04. The van der Waals surface area contributed by atoms with Crippen LogP contribution in [0.25, 0.3) is 0 Å². The summed E-state index contributed by atoms with van der Waals surface area (Å²) in [5.41, 5.74) is -0.368. The Kier molecular flexibility index (Phi) is 33.1. The number of aliphatic hydroxyl groups excluding tert-OH is 5. The number of carboxylic acid groups (broad SMARTS) is 5. The van der Waals surface area contributed by atoms with Crippen LogP contribution < -0.4 is 38.9 Å². The van der Waals surface area contributed by atoms with Crippen LogP contribution in [0.5, 0.6) is 0 Å². The molecule has 2 saturated heterocycles. The van der Waals surface area contributed by atoms with E-state index in [0.29, 0.717) is 15.5 Å². The molecule has 80 heavy (non-hydrogen) atoms. The molecule has 2 fully saturated rings. The van der Waals surface area contributed by atoms with E-state index in [9.17, 15) is 83.3 Å². The molecule has 0 aliphatic carbocycles. The maximum Gasteiger partial charge on any atom is 0.359 e. The lowest BCUT2D eigenvalue weighted by molar-refractivity contribution is -0.873. The Bertz CT molecular complexity index is 2190. The molecular weight excluding hydrogens is 1110 g/mol. The van der Waals surface area contributed by atoms with E-state index >= 15 is 0 Å². The first kappa shape index (κ1) is 77.5. The molecule has 2 aliphatic heterocycles. The number of aliphatic hydroxyl groups is 5. The number of rotatable bonds is 21. The van der Waals surface area contributed by atoms with Gasteiger partial charge in [0.15, 0.2) is 43.5 Å². The van der Waals surface area contributed by atoms with Crippen molar-refractivity contribution in [1.82, 2.24) is 0 Å². The van der Waals surface area contributed by atoms with Gasteiger partial charge in [-0.3, -0.25) is 9.59 Å². The molecule has 4 heterocycles. The van der Waals surface area contributed by atoms with Gasteiger partial charge in [-0.1, -0.05) is 6.92 Å². The molecule has 0 radical (unpaired) electrons. The second-order valence-electron chi connectivity index (χ2n) is 22.6. The number of carbonyl (C=O) groups is 5. The van der Waals surface area contributed by atoms with E-state index in [-0.39, 0.29) is 36.4 Å². The van der Waals surface area contributed by atoms with Crippen molar-refractivity contribution in [3.05, 3.63) is 60.2 Å². The van der Waals surface area contributed by atoms with Gasteiger partial charge in [0.1, 0.15) is 37.1 Å². The molecule has 10 atom stereocenters. The Morgan fingerprint density at radius 2 is 0.925 bits per heavy atom. The Morgan fingerprint density at radius 1 is 0.588 bits per heavy atom. The number of hydrogen-bond acceptors (Lipinski definition) is 22. The number of carbonyl (C=O) groups excluding carboxylic acids is 2. The second-order valence-corrected chi connectivity index (χ2v) is 24.9. The average Bonchev–Trinajstić information content (AvgIpc) is 3.71. The Balaban J connectivity index is 0. The van der Waals surface area contributed by atoms with E-state index in [0.717, 1.165) is 27.9 Å². The van der Waals surface area contributed by atoms with Crippen LogP contribution in [0.2, 0.25) is 0 Å². The van der Waals surface area contributed by atoms with Crippen LogP contribution in [0.1, 0.15) is 59.9 Å². The molecule has 2 aliphatic rings. The number of pyridine rings is 2. The normalized spacial score (nSPS) is 21.8. The van der Waals surface area contributed by atoms with Gasteiger partial charge in [0.05, 0.1) is 162 Å². The SMILES string of the molecule is CC[N+](C)(C)C.C[C@H](CC(=O)O)C[N+](C)(C)C.C[N+](C)(C)CC(=O)O.C[N+](C)(C)C[C@H](O)CC(=O)O.O=C([O-])c1ccc[n+]([C@@H]2O[C@H](COP(=O)([O-])[O-])[C@@H](O)[C@H]2O)c1.O=C([O-])c1ccc[n+]([C@@H]2O[C@H](COP(=O)([O-])[O-])[C@@H](O)[C@H]2O)c1. The van der Waals surface area contributed by atoms with Crippen LogP contribution in [0.3, 0.4) is 0 Å². The number of nitrogens with zero attached hydrogens (tertiary/aromatic N) is 6. The maximum atomic E-state index is 10.8. The first-order valence-corrected chi connectivity index (χ1v) is 27.3. The van der Waals surface area contributed by atoms with Crippen LogP contribution in [0, 0.1) is 5.92 Å². The summed E-state index contributed by atoms with van der Waals surface area (Å²) in [4.78, 5) is 93.7. The van der Waals surface area contributed by atoms with Crippen LogP contribution in [0.4, 0.5) is 0 Å². The highest BCUT2D eigenvalue weighted by Gasteiger charge is 2.49. The lowest BCUT2D eigenvalue weighted by Crippen LogP contribution is -2.46. The van der Waals surface area contributed by atoms with Crippen molar-refractivity contribution in [2.75, 3.05) is 124 Å². The van der Waals surface area contributed by atoms with Crippen LogP contribution in [-0.4, -0.2) is 255 Å². The Morgan fingerprint density at radius 3 is 1.16 bits per heavy atom. The molecule has 0 unspecified atom stereocenters. The topological polar surface area (TPSA) is 464 Å². The van der Waals surface area contributed by atoms with Crippen molar-refractivity contribution in [1.29, 1.82) is 0 Å². The summed E-state index contributed by atoms with van der Waals surface area (Å²) in [5, 5.41) is 95.1. The zero-order chi connectivity index (χ0) is 63.1. The van der Waals surface area contributed by atoms with Gasteiger partial charge in [-0.05, 0) is 19.1 Å². The molecule has 8 N–H and O–H groups in total. The molecular formula is C47H84N6O25P2. The zero-order valence-electron chi connectivity index (χ0n) is 47.6. The molecule has 0 spiro atoms. The second kappa shape index (κ2) is 34.1. The van der Waals surface area contributed by atoms with Crippen LogP contribution >= 0.6 is 15.6 Å². The van der Waals surface area contributed by atoms with Crippen molar-refractivity contribution >= 4 is 45.5 Å². The van der Waals surface area contributed by atoms with Gasteiger partial charge < -0.3 is 126 Å². The summed E-state index contributed by atoms with van der Waals surface area (Å²) in [6, 6.07) is 5.24. The number of phosphoric ester groups is 2. The largest absolute Gasteiger partial charge is 0.790 e. The fourth-order valence-electron chi connectivity index (χ4n) is 6.70. The summed E-state index contributed by atoms with van der Waals surface area (Å²) in [6.45, 7) is 5.38. The number of hydrogen-bond donors (Lipinski definition) is 8. The number of phosphoric acid groups is 2. The summed E-state index contributed by atoms with van der Waals surface area (Å²) >= 11 is 0.